The van der Waals surface area contributed by atoms with E-state index < -0.39 is 77.6 Å². The van der Waals surface area contributed by atoms with E-state index in [9.17, 15) is 50.7 Å². The van der Waals surface area contributed by atoms with Crippen LogP contribution in [0, 0.1) is 11.6 Å². The number of benzene rings is 1. The first-order chi connectivity index (χ1) is 18.5. The SMILES string of the molecule is Cn1c(=O)c2c(CC(=O)N=c3scc(-c4ccc(C(F)(F)F)c(F)c4F)n3COP(=O)([O-])[O-])nsc2n(C)c1=O.[Na+].[Na+]. The first-order valence-corrected chi connectivity index (χ1v) is 13.6. The van der Waals surface area contributed by atoms with Gasteiger partial charge in [0.1, 0.15) is 11.6 Å². The molecule has 0 saturated carbocycles. The zero-order chi connectivity index (χ0) is 29.7. The van der Waals surface area contributed by atoms with Gasteiger partial charge in [-0.15, -0.1) is 11.3 Å². The van der Waals surface area contributed by atoms with Gasteiger partial charge in [0, 0.05) is 25.0 Å². The molecular weight excluding hydrogens is 658 g/mol. The van der Waals surface area contributed by atoms with Gasteiger partial charge in [0.25, 0.3) is 11.5 Å². The van der Waals surface area contributed by atoms with E-state index in [2.05, 4.69) is 13.9 Å². The molecule has 4 aromatic rings. The van der Waals surface area contributed by atoms with Crippen LogP contribution in [0.5, 0.6) is 0 Å². The van der Waals surface area contributed by atoms with E-state index in [4.69, 9.17) is 0 Å². The molecule has 22 heteroatoms. The summed E-state index contributed by atoms with van der Waals surface area (Å²) in [5, 5.41) is 0.993. The van der Waals surface area contributed by atoms with Crippen LogP contribution in [0.15, 0.2) is 32.1 Å². The van der Waals surface area contributed by atoms with Crippen LogP contribution in [0.2, 0.25) is 0 Å². The Morgan fingerprint density at radius 1 is 1.12 bits per heavy atom. The van der Waals surface area contributed by atoms with Gasteiger partial charge in [-0.05, 0) is 23.7 Å². The quantitative estimate of drug-likeness (QED) is 0.112. The Bertz CT molecular complexity index is 1910. The maximum Gasteiger partial charge on any atom is 1.00 e. The van der Waals surface area contributed by atoms with Crippen molar-refractivity contribution in [3.8, 4) is 11.3 Å². The normalized spacial score (nSPS) is 12.4. The number of halogens is 5. The zero-order valence-corrected chi connectivity index (χ0v) is 28.4. The fourth-order valence-corrected chi connectivity index (χ4v) is 5.60. The van der Waals surface area contributed by atoms with Gasteiger partial charge in [-0.25, -0.2) is 13.6 Å². The maximum atomic E-state index is 14.7. The van der Waals surface area contributed by atoms with Crippen molar-refractivity contribution in [1.82, 2.24) is 18.1 Å². The number of phosphoric acid groups is 1. The van der Waals surface area contributed by atoms with Gasteiger partial charge in [-0.1, -0.05) is 0 Å². The molecule has 0 N–H and O–H groups in total. The summed E-state index contributed by atoms with van der Waals surface area (Å²) in [4.78, 5) is 63.1. The summed E-state index contributed by atoms with van der Waals surface area (Å²) in [6.45, 7) is -1.18. The van der Waals surface area contributed by atoms with Gasteiger partial charge in [0.2, 0.25) is 0 Å². The van der Waals surface area contributed by atoms with Crippen molar-refractivity contribution < 1.29 is 105 Å². The van der Waals surface area contributed by atoms with Crippen molar-refractivity contribution in [1.29, 1.82) is 0 Å². The second-order valence-corrected chi connectivity index (χ2v) is 10.8. The van der Waals surface area contributed by atoms with Crippen LogP contribution in [-0.4, -0.2) is 24.0 Å². The third-order valence-corrected chi connectivity index (χ3v) is 7.74. The van der Waals surface area contributed by atoms with E-state index in [0.29, 0.717) is 22.0 Å². The molecule has 0 fully saturated rings. The monoisotopic (exact) mass is 671 g/mol. The number of alkyl halides is 3. The van der Waals surface area contributed by atoms with E-state index in [1.807, 2.05) is 0 Å². The summed E-state index contributed by atoms with van der Waals surface area (Å²) in [5.74, 6) is -5.15. The van der Waals surface area contributed by atoms with Gasteiger partial charge < -0.3 is 18.9 Å². The van der Waals surface area contributed by atoms with Crippen molar-refractivity contribution >= 4 is 46.8 Å². The van der Waals surface area contributed by atoms with E-state index in [0.717, 1.165) is 26.0 Å². The molecule has 0 atom stereocenters. The van der Waals surface area contributed by atoms with Gasteiger partial charge in [-0.2, -0.15) is 22.5 Å². The Kier molecular flexibility index (Phi) is 12.1. The third-order valence-electron chi connectivity index (χ3n) is 5.49. The predicted octanol–water partition coefficient (Wildman–Crippen LogP) is -5.00. The zero-order valence-electron chi connectivity index (χ0n) is 21.9. The number of aryl methyl sites for hydroxylation is 1. The molecule has 0 saturated heterocycles. The summed E-state index contributed by atoms with van der Waals surface area (Å²) in [5.41, 5.74) is -4.52. The second-order valence-electron chi connectivity index (χ2n) is 8.02. The largest absolute Gasteiger partial charge is 1.00 e. The number of nitrogens with zero attached hydrogens (tertiary/aromatic N) is 5. The topological polar surface area (TPSA) is 164 Å². The van der Waals surface area contributed by atoms with Crippen LogP contribution >= 0.6 is 30.7 Å². The van der Waals surface area contributed by atoms with E-state index in [1.165, 1.54) is 14.1 Å². The summed E-state index contributed by atoms with van der Waals surface area (Å²) < 4.78 is 89.6. The first kappa shape index (κ1) is 36.8. The van der Waals surface area contributed by atoms with E-state index in [1.54, 1.807) is 0 Å². The molecule has 0 radical (unpaired) electrons. The molecule has 3 heterocycles. The number of hydrogen-bond acceptors (Lipinski definition) is 10. The Morgan fingerprint density at radius 3 is 2.36 bits per heavy atom. The fourth-order valence-electron chi connectivity index (χ4n) is 3.59. The summed E-state index contributed by atoms with van der Waals surface area (Å²) in [7, 11) is -3.03. The minimum Gasteiger partial charge on any atom is -0.790 e. The number of rotatable bonds is 6. The Balaban J connectivity index is 0.00000308. The average Bonchev–Trinajstić information content (AvgIpc) is 3.44. The molecule has 0 bridgehead atoms. The molecule has 42 heavy (non-hydrogen) atoms. The van der Waals surface area contributed by atoms with Crippen LogP contribution in [-0.2, 0) is 47.3 Å². The number of hydrogen-bond donors (Lipinski definition) is 0. The molecule has 12 nitrogen and oxygen atoms in total. The van der Waals surface area contributed by atoms with Crippen molar-refractivity contribution in [3.63, 3.8) is 0 Å². The van der Waals surface area contributed by atoms with Crippen LogP contribution in [0.3, 0.4) is 0 Å². The number of carbonyl (C=O) groups excluding carboxylic acids is 1. The van der Waals surface area contributed by atoms with Crippen molar-refractivity contribution in [2.24, 2.45) is 19.1 Å². The Labute approximate surface area is 283 Å². The van der Waals surface area contributed by atoms with Gasteiger partial charge >= 0.3 is 71.0 Å². The number of aromatic nitrogens is 4. The molecule has 214 valence electrons. The minimum atomic E-state index is -5.65. The minimum absolute atomic E-state index is 0. The molecular formula is C20H13F5N5Na2O7PS2. The van der Waals surface area contributed by atoms with Crippen molar-refractivity contribution in [2.45, 2.75) is 19.3 Å². The molecule has 0 unspecified atom stereocenters. The van der Waals surface area contributed by atoms with Gasteiger partial charge in [0.15, 0.2) is 16.4 Å². The van der Waals surface area contributed by atoms with Crippen LogP contribution < -0.4 is 85.0 Å². The molecule has 1 aromatic carbocycles. The average molecular weight is 671 g/mol. The first-order valence-electron chi connectivity index (χ1n) is 10.5. The van der Waals surface area contributed by atoms with Crippen LogP contribution in [0.4, 0.5) is 22.0 Å². The second kappa shape index (κ2) is 13.7. The predicted molar refractivity (Wildman–Crippen MR) is 126 cm³/mol. The molecule has 1 amide bonds. The summed E-state index contributed by atoms with van der Waals surface area (Å²) in [6, 6.07) is 0.826. The molecule has 0 spiro atoms. The maximum absolute atomic E-state index is 14.7. The number of phosphoric ester groups is 1. The Hall–Kier alpha value is -1.35. The number of carbonyl (C=O) groups is 1. The van der Waals surface area contributed by atoms with Gasteiger partial charge in [0.05, 0.1) is 36.6 Å². The molecule has 0 aliphatic heterocycles. The summed E-state index contributed by atoms with van der Waals surface area (Å²) in [6.07, 6.45) is -5.80. The summed E-state index contributed by atoms with van der Waals surface area (Å²) >= 11 is 1.33. The number of amides is 1. The Morgan fingerprint density at radius 2 is 1.76 bits per heavy atom. The van der Waals surface area contributed by atoms with E-state index in [-0.39, 0.29) is 81.1 Å². The molecule has 0 aliphatic rings. The van der Waals surface area contributed by atoms with Crippen LogP contribution in [0.25, 0.3) is 21.5 Å². The molecule has 3 aromatic heterocycles. The standard InChI is InChI=1S/C20H15F5N5O7PS2.2Na/c1-28-16(32)13-10(27-40-17(13)29(2)19(28)33)5-12(31)26-18-30(7-37-38(34,35)36)11(6-39-18)8-3-4-9(20(23,24)25)15(22)14(8)21;;/h3-4,6H,5,7H2,1-2H3,(H2,34,35,36);;/q;2*+1/p-2. The molecule has 4 rings (SSSR count). The van der Waals surface area contributed by atoms with Crippen LogP contribution in [0.1, 0.15) is 11.3 Å². The van der Waals surface area contributed by atoms with Crippen molar-refractivity contribution in [3.05, 3.63) is 66.0 Å². The molecule has 0 aliphatic carbocycles. The smallest absolute Gasteiger partial charge is 0.790 e. The van der Waals surface area contributed by atoms with E-state index >= 15 is 0 Å². The fraction of sp³-hybridized carbons (Fsp3) is 0.250. The van der Waals surface area contributed by atoms with Gasteiger partial charge in [-0.3, -0.25) is 23.3 Å². The number of fused-ring (bicyclic) bond motifs is 1. The van der Waals surface area contributed by atoms with Crippen molar-refractivity contribution in [2.75, 3.05) is 0 Å². The third kappa shape index (κ3) is 7.47. The number of thiazole rings is 1.